The van der Waals surface area contributed by atoms with Gasteiger partial charge in [-0.05, 0) is 70.5 Å². The van der Waals surface area contributed by atoms with Gasteiger partial charge in [0, 0.05) is 47.6 Å². The highest BCUT2D eigenvalue weighted by atomic mass is 16.5. The van der Waals surface area contributed by atoms with E-state index in [4.69, 9.17) is 9.47 Å². The highest BCUT2D eigenvalue weighted by Gasteiger charge is 2.31. The summed E-state index contributed by atoms with van der Waals surface area (Å²) in [7, 11) is 0. The molecule has 1 atom stereocenters. The van der Waals surface area contributed by atoms with Crippen LogP contribution in [0.5, 0.6) is 5.75 Å². The van der Waals surface area contributed by atoms with Crippen molar-refractivity contribution in [3.05, 3.63) is 88.7 Å². The van der Waals surface area contributed by atoms with Gasteiger partial charge in [-0.3, -0.25) is 0 Å². The summed E-state index contributed by atoms with van der Waals surface area (Å²) in [4.78, 5) is 16.7. The summed E-state index contributed by atoms with van der Waals surface area (Å²) in [5, 5.41) is 0. The molecule has 0 bridgehead atoms. The third-order valence-electron chi connectivity index (χ3n) is 6.99. The largest absolute Gasteiger partial charge is 0.462 e. The van der Waals surface area contributed by atoms with Crippen LogP contribution in [0.1, 0.15) is 56.1 Å². The van der Waals surface area contributed by atoms with Gasteiger partial charge in [0.2, 0.25) is 0 Å². The van der Waals surface area contributed by atoms with Crippen LogP contribution >= 0.6 is 0 Å². The maximum Gasteiger partial charge on any atom is 0.338 e. The molecule has 0 spiro atoms. The van der Waals surface area contributed by atoms with Crippen LogP contribution in [0.15, 0.2) is 72.0 Å². The Balaban J connectivity index is 1.93. The summed E-state index contributed by atoms with van der Waals surface area (Å²) in [6.07, 6.45) is 6.66. The van der Waals surface area contributed by atoms with Gasteiger partial charge in [-0.15, -0.1) is 0 Å². The summed E-state index contributed by atoms with van der Waals surface area (Å²) in [6, 6.07) is 14.4. The van der Waals surface area contributed by atoms with Crippen LogP contribution in [0.25, 0.3) is 5.57 Å². The van der Waals surface area contributed by atoms with Crippen molar-refractivity contribution < 1.29 is 19.2 Å². The van der Waals surface area contributed by atoms with E-state index in [9.17, 15) is 4.79 Å². The predicted octanol–water partition coefficient (Wildman–Crippen LogP) is 4.65. The van der Waals surface area contributed by atoms with Gasteiger partial charge < -0.3 is 19.3 Å². The number of carbonyl (C=O) groups is 1. The number of esters is 1. The van der Waals surface area contributed by atoms with Gasteiger partial charge in [0.05, 0.1) is 25.3 Å². The molecule has 184 valence electrons. The first-order valence-electron chi connectivity index (χ1n) is 12.9. The van der Waals surface area contributed by atoms with Crippen LogP contribution < -0.4 is 14.5 Å². The minimum atomic E-state index is -0.306. The number of hydrogen-bond acceptors (Lipinski definition) is 4. The molecule has 1 aliphatic heterocycles. The number of fused-ring (bicyclic) bond motifs is 2. The van der Waals surface area contributed by atoms with Crippen LogP contribution in [0.4, 0.5) is 5.69 Å². The first-order chi connectivity index (χ1) is 17.1. The molecule has 1 aliphatic carbocycles. The highest BCUT2D eigenvalue weighted by Crippen LogP contribution is 2.45. The van der Waals surface area contributed by atoms with Gasteiger partial charge in [-0.1, -0.05) is 18.2 Å². The van der Waals surface area contributed by atoms with Crippen molar-refractivity contribution in [1.29, 1.82) is 0 Å². The van der Waals surface area contributed by atoms with Crippen LogP contribution in [-0.4, -0.2) is 44.8 Å². The molecule has 5 heteroatoms. The molecule has 2 aromatic rings. The molecular formula is C30H37N2O3+. The molecule has 0 amide bonds. The fourth-order valence-electron chi connectivity index (χ4n) is 5.09. The summed E-state index contributed by atoms with van der Waals surface area (Å²) in [5.74, 6) is 1.37. The molecule has 4 rings (SSSR count). The first-order valence-corrected chi connectivity index (χ1v) is 12.9. The topological polar surface area (TPSA) is 43.2 Å². The van der Waals surface area contributed by atoms with Gasteiger partial charge in [-0.2, -0.15) is 0 Å². The summed E-state index contributed by atoms with van der Waals surface area (Å²) < 4.78 is 12.0. The lowest BCUT2D eigenvalue weighted by Gasteiger charge is -2.31. The van der Waals surface area contributed by atoms with Gasteiger partial charge in [0.15, 0.2) is 0 Å². The molecular weight excluding hydrogens is 436 g/mol. The number of carbonyl (C=O) groups excluding carboxylic acids is 1. The summed E-state index contributed by atoms with van der Waals surface area (Å²) >= 11 is 0. The molecule has 1 unspecified atom stereocenters. The van der Waals surface area contributed by atoms with E-state index in [1.165, 1.54) is 4.90 Å². The second-order valence-corrected chi connectivity index (χ2v) is 8.79. The van der Waals surface area contributed by atoms with E-state index in [0.717, 1.165) is 65.6 Å². The minimum absolute atomic E-state index is 0.248. The van der Waals surface area contributed by atoms with Crippen molar-refractivity contribution in [2.24, 2.45) is 0 Å². The Morgan fingerprint density at radius 3 is 2.43 bits per heavy atom. The first kappa shape index (κ1) is 24.8. The van der Waals surface area contributed by atoms with E-state index < -0.39 is 0 Å². The molecule has 0 fully saturated rings. The zero-order valence-electron chi connectivity index (χ0n) is 21.6. The summed E-state index contributed by atoms with van der Waals surface area (Å²) in [5.41, 5.74) is 5.58. The number of allylic oxidation sites excluding steroid dienone is 1. The Labute approximate surface area is 209 Å². The standard InChI is InChI=1S/C30H36N2O3/c1-6-31(7-2)21-15-17-25-27(19-21)35-28-20-22(32(8-3)9-4)16-18-26(28)29(25)23-13-11-12-14-24(23)30(33)34-10-5/h11-21H,6-10H2,1-5H3/p+1. The Bertz CT molecular complexity index is 1170. The van der Waals surface area contributed by atoms with E-state index in [1.54, 1.807) is 0 Å². The lowest BCUT2D eigenvalue weighted by molar-refractivity contribution is -0.908. The number of benzene rings is 2. The maximum atomic E-state index is 12.9. The Morgan fingerprint density at radius 2 is 1.74 bits per heavy atom. The molecule has 2 aliphatic rings. The van der Waals surface area contributed by atoms with E-state index in [1.807, 2.05) is 31.2 Å². The fourth-order valence-corrected chi connectivity index (χ4v) is 5.09. The Hall–Kier alpha value is -3.31. The minimum Gasteiger partial charge on any atom is -0.462 e. The number of nitrogens with zero attached hydrogens (tertiary/aromatic N) is 1. The number of nitrogens with one attached hydrogen (secondary N) is 1. The second-order valence-electron chi connectivity index (χ2n) is 8.79. The third-order valence-corrected chi connectivity index (χ3v) is 6.99. The SMILES string of the molecule is CCOC(=O)c1ccccc1C1=C2C=CC([NH+](CC)CC)C=C2Oc2cc(N(CC)CC)ccc21. The Morgan fingerprint density at radius 1 is 1.00 bits per heavy atom. The maximum absolute atomic E-state index is 12.9. The molecule has 0 saturated heterocycles. The predicted molar refractivity (Wildman–Crippen MR) is 142 cm³/mol. The van der Waals surface area contributed by atoms with Crippen molar-refractivity contribution in [3.8, 4) is 5.75 Å². The van der Waals surface area contributed by atoms with Gasteiger partial charge in [0.1, 0.15) is 17.6 Å². The van der Waals surface area contributed by atoms with Crippen LogP contribution in [0.2, 0.25) is 0 Å². The van der Waals surface area contributed by atoms with Gasteiger partial charge in [-0.25, -0.2) is 4.79 Å². The van der Waals surface area contributed by atoms with E-state index in [0.29, 0.717) is 12.2 Å². The quantitative estimate of drug-likeness (QED) is 0.539. The molecule has 0 radical (unpaired) electrons. The summed E-state index contributed by atoms with van der Waals surface area (Å²) in [6.45, 7) is 14.8. The van der Waals surface area contributed by atoms with Crippen molar-refractivity contribution in [1.82, 2.24) is 0 Å². The number of anilines is 1. The van der Waals surface area contributed by atoms with Crippen molar-refractivity contribution in [2.75, 3.05) is 37.7 Å². The zero-order valence-corrected chi connectivity index (χ0v) is 21.6. The Kier molecular flexibility index (Phi) is 7.76. The number of ether oxygens (including phenoxy) is 2. The number of likely N-dealkylation sites (N-methyl/N-ethyl adjacent to an activating group) is 1. The molecule has 2 aromatic carbocycles. The lowest BCUT2D eigenvalue weighted by Crippen LogP contribution is -3.14. The van der Waals surface area contributed by atoms with E-state index in [-0.39, 0.29) is 12.0 Å². The molecule has 1 N–H and O–H groups in total. The van der Waals surface area contributed by atoms with Gasteiger partial charge >= 0.3 is 5.97 Å². The fraction of sp³-hybridized carbons (Fsp3) is 0.367. The number of quaternary nitrogens is 1. The highest BCUT2D eigenvalue weighted by molar-refractivity contribution is 6.01. The average Bonchev–Trinajstić information content (AvgIpc) is 2.88. The zero-order chi connectivity index (χ0) is 24.9. The second kappa shape index (κ2) is 11.0. The number of rotatable bonds is 9. The van der Waals surface area contributed by atoms with Crippen molar-refractivity contribution in [3.63, 3.8) is 0 Å². The molecule has 5 nitrogen and oxygen atoms in total. The normalized spacial score (nSPS) is 16.4. The van der Waals surface area contributed by atoms with Crippen LogP contribution in [0.3, 0.4) is 0 Å². The van der Waals surface area contributed by atoms with Crippen molar-refractivity contribution >= 4 is 17.2 Å². The van der Waals surface area contributed by atoms with Crippen LogP contribution in [0, 0.1) is 0 Å². The monoisotopic (exact) mass is 473 g/mol. The molecule has 0 aromatic heterocycles. The molecule has 35 heavy (non-hydrogen) atoms. The molecule has 1 heterocycles. The van der Waals surface area contributed by atoms with E-state index in [2.05, 4.69) is 69.0 Å². The third kappa shape index (κ3) is 4.78. The number of hydrogen-bond donors (Lipinski definition) is 1. The van der Waals surface area contributed by atoms with E-state index >= 15 is 0 Å². The average molecular weight is 474 g/mol. The smallest absolute Gasteiger partial charge is 0.338 e. The molecule has 0 saturated carbocycles. The lowest BCUT2D eigenvalue weighted by atomic mass is 9.85. The van der Waals surface area contributed by atoms with Crippen molar-refractivity contribution in [2.45, 2.75) is 40.7 Å². The van der Waals surface area contributed by atoms with Crippen LogP contribution in [-0.2, 0) is 4.74 Å². The van der Waals surface area contributed by atoms with Gasteiger partial charge in [0.25, 0.3) is 0 Å².